The van der Waals surface area contributed by atoms with E-state index >= 15 is 0 Å². The molecule has 2 fully saturated rings. The van der Waals surface area contributed by atoms with Gasteiger partial charge in [0.2, 0.25) is 11.8 Å². The predicted molar refractivity (Wildman–Crippen MR) is 122 cm³/mol. The van der Waals surface area contributed by atoms with Gasteiger partial charge in [-0.3, -0.25) is 19.5 Å². The number of carbonyl (C=O) groups excluding carboxylic acids is 2. The van der Waals surface area contributed by atoms with Crippen molar-refractivity contribution in [2.45, 2.75) is 26.3 Å². The second-order valence-electron chi connectivity index (χ2n) is 7.62. The van der Waals surface area contributed by atoms with Gasteiger partial charge in [0.25, 0.3) is 0 Å². The van der Waals surface area contributed by atoms with Crippen LogP contribution in [0.3, 0.4) is 0 Å². The molecule has 0 radical (unpaired) electrons. The number of pyridine rings is 1. The third kappa shape index (κ3) is 4.46. The molecule has 7 nitrogen and oxygen atoms in total. The van der Waals surface area contributed by atoms with E-state index < -0.39 is 0 Å². The minimum Gasteiger partial charge on any atom is -0.357 e. The lowest BCUT2D eigenvalue weighted by Gasteiger charge is -2.18. The number of carbonyl (C=O) groups is 2. The molecule has 3 aliphatic rings. The van der Waals surface area contributed by atoms with Crippen LogP contribution in [0.1, 0.15) is 25.5 Å². The maximum absolute atomic E-state index is 12.7. The Balaban J connectivity index is 0.00000240. The number of allylic oxidation sites excluding steroid dienone is 2. The standard InChI is InChI=1S/C21H27N5O2.HI/c1-2-22-21(25-13-16-6-3-4-9-23-16)24-10-5-11-26-19(27)17-14-7-8-15(12-14)18(17)20(26)28;/h3-4,6-9,14-15,17-18H,2,5,10-13H2,1H3,(H2,22,24,25);1H. The highest BCUT2D eigenvalue weighted by Crippen LogP contribution is 2.52. The molecule has 1 saturated heterocycles. The molecular weight excluding hydrogens is 481 g/mol. The summed E-state index contributed by atoms with van der Waals surface area (Å²) < 4.78 is 0. The molecule has 0 spiro atoms. The first kappa shape index (κ1) is 21.7. The van der Waals surface area contributed by atoms with E-state index in [2.05, 4.69) is 32.8 Å². The van der Waals surface area contributed by atoms with E-state index in [1.807, 2.05) is 25.1 Å². The number of likely N-dealkylation sites (tertiary alicyclic amines) is 1. The number of aromatic nitrogens is 1. The number of aliphatic imine (C=N–C) groups is 1. The smallest absolute Gasteiger partial charge is 0.233 e. The number of amides is 2. The first-order valence-electron chi connectivity index (χ1n) is 10.1. The van der Waals surface area contributed by atoms with Gasteiger partial charge in [-0.05, 0) is 43.7 Å². The number of hydrogen-bond donors (Lipinski definition) is 2. The van der Waals surface area contributed by atoms with Gasteiger partial charge in [-0.25, -0.2) is 4.99 Å². The second-order valence-corrected chi connectivity index (χ2v) is 7.62. The molecule has 1 saturated carbocycles. The van der Waals surface area contributed by atoms with Gasteiger partial charge in [-0.1, -0.05) is 18.2 Å². The zero-order valence-corrected chi connectivity index (χ0v) is 18.9. The Bertz CT molecular complexity index is 768. The normalized spacial score (nSPS) is 27.2. The zero-order valence-electron chi connectivity index (χ0n) is 16.6. The van der Waals surface area contributed by atoms with Crippen molar-refractivity contribution in [1.82, 2.24) is 20.5 Å². The number of guanidine groups is 1. The monoisotopic (exact) mass is 509 g/mol. The lowest BCUT2D eigenvalue weighted by molar-refractivity contribution is -0.140. The lowest BCUT2D eigenvalue weighted by atomic mass is 9.85. The van der Waals surface area contributed by atoms with E-state index in [0.717, 1.165) is 18.7 Å². The Morgan fingerprint density at radius 2 is 1.90 bits per heavy atom. The van der Waals surface area contributed by atoms with Gasteiger partial charge in [0.1, 0.15) is 0 Å². The van der Waals surface area contributed by atoms with E-state index in [4.69, 9.17) is 0 Å². The van der Waals surface area contributed by atoms with E-state index in [-0.39, 0.29) is 59.5 Å². The molecule has 156 valence electrons. The van der Waals surface area contributed by atoms with Crippen molar-refractivity contribution >= 4 is 41.8 Å². The third-order valence-electron chi connectivity index (χ3n) is 5.88. The Kier molecular flexibility index (Phi) is 7.26. The van der Waals surface area contributed by atoms with E-state index in [0.29, 0.717) is 32.0 Å². The summed E-state index contributed by atoms with van der Waals surface area (Å²) in [6.07, 6.45) is 7.69. The van der Waals surface area contributed by atoms with Crippen LogP contribution >= 0.6 is 24.0 Å². The fraction of sp³-hybridized carbons (Fsp3) is 0.524. The molecule has 2 amide bonds. The number of hydrogen-bond acceptors (Lipinski definition) is 4. The first-order valence-corrected chi connectivity index (χ1v) is 10.1. The summed E-state index contributed by atoms with van der Waals surface area (Å²) in [4.78, 5) is 35.7. The predicted octanol–water partition coefficient (Wildman–Crippen LogP) is 1.95. The summed E-state index contributed by atoms with van der Waals surface area (Å²) >= 11 is 0. The van der Waals surface area contributed by atoms with Gasteiger partial charge in [0.15, 0.2) is 5.96 Å². The van der Waals surface area contributed by atoms with Crippen LogP contribution in [0.5, 0.6) is 0 Å². The largest absolute Gasteiger partial charge is 0.357 e. The SMILES string of the molecule is CCNC(=NCc1ccccn1)NCCCN1C(=O)C2C3C=CC(C3)C2C1=O.I. The Labute approximate surface area is 188 Å². The summed E-state index contributed by atoms with van der Waals surface area (Å²) in [5.41, 5.74) is 0.905. The minimum absolute atomic E-state index is 0. The van der Waals surface area contributed by atoms with Crippen molar-refractivity contribution in [1.29, 1.82) is 0 Å². The van der Waals surface area contributed by atoms with Gasteiger partial charge in [-0.15, -0.1) is 24.0 Å². The molecule has 8 heteroatoms. The number of fused-ring (bicyclic) bond motifs is 5. The molecule has 1 aromatic rings. The van der Waals surface area contributed by atoms with Crippen molar-refractivity contribution in [3.8, 4) is 0 Å². The Hall–Kier alpha value is -1.97. The van der Waals surface area contributed by atoms with Crippen LogP contribution in [0, 0.1) is 23.7 Å². The van der Waals surface area contributed by atoms with Crippen LogP contribution in [-0.2, 0) is 16.1 Å². The van der Waals surface area contributed by atoms with E-state index in [1.54, 1.807) is 6.20 Å². The first-order chi connectivity index (χ1) is 13.7. The maximum atomic E-state index is 12.7. The number of nitrogens with one attached hydrogen (secondary N) is 2. The molecular formula is C21H28IN5O2. The quantitative estimate of drug-likeness (QED) is 0.147. The number of nitrogens with zero attached hydrogens (tertiary/aromatic N) is 3. The molecule has 1 aromatic heterocycles. The highest BCUT2D eigenvalue weighted by molar-refractivity contribution is 14.0. The average molecular weight is 509 g/mol. The highest BCUT2D eigenvalue weighted by atomic mass is 127. The van der Waals surface area contributed by atoms with Crippen molar-refractivity contribution in [2.24, 2.45) is 28.7 Å². The van der Waals surface area contributed by atoms with E-state index in [1.165, 1.54) is 4.90 Å². The van der Waals surface area contributed by atoms with Gasteiger partial charge >= 0.3 is 0 Å². The fourth-order valence-corrected chi connectivity index (χ4v) is 4.62. The number of rotatable bonds is 7. The molecule has 2 N–H and O–H groups in total. The molecule has 4 unspecified atom stereocenters. The zero-order chi connectivity index (χ0) is 19.5. The Morgan fingerprint density at radius 3 is 2.52 bits per heavy atom. The summed E-state index contributed by atoms with van der Waals surface area (Å²) in [6, 6.07) is 5.77. The molecule has 1 aliphatic heterocycles. The van der Waals surface area contributed by atoms with Gasteiger partial charge in [0.05, 0.1) is 24.1 Å². The van der Waals surface area contributed by atoms with Crippen molar-refractivity contribution in [3.05, 3.63) is 42.2 Å². The van der Waals surface area contributed by atoms with Crippen LogP contribution in [-0.4, -0.2) is 47.3 Å². The third-order valence-corrected chi connectivity index (χ3v) is 5.88. The fourth-order valence-electron chi connectivity index (χ4n) is 4.62. The molecule has 4 rings (SSSR count). The summed E-state index contributed by atoms with van der Waals surface area (Å²) in [6.45, 7) is 4.39. The van der Waals surface area contributed by atoms with Crippen LogP contribution in [0.25, 0.3) is 0 Å². The van der Waals surface area contributed by atoms with Crippen LogP contribution < -0.4 is 10.6 Å². The van der Waals surface area contributed by atoms with Crippen molar-refractivity contribution in [3.63, 3.8) is 0 Å². The number of halogens is 1. The average Bonchev–Trinajstić information content (AvgIpc) is 3.39. The molecule has 4 atom stereocenters. The van der Waals surface area contributed by atoms with Gasteiger partial charge in [0, 0.05) is 25.8 Å². The molecule has 2 bridgehead atoms. The summed E-state index contributed by atoms with van der Waals surface area (Å²) in [5, 5.41) is 6.48. The molecule has 2 heterocycles. The van der Waals surface area contributed by atoms with Crippen LogP contribution in [0.15, 0.2) is 41.5 Å². The molecule has 0 aromatic carbocycles. The van der Waals surface area contributed by atoms with Crippen molar-refractivity contribution in [2.75, 3.05) is 19.6 Å². The summed E-state index contributed by atoms with van der Waals surface area (Å²) in [5.74, 6) is 1.11. The highest BCUT2D eigenvalue weighted by Gasteiger charge is 2.58. The Morgan fingerprint density at radius 1 is 1.17 bits per heavy atom. The topological polar surface area (TPSA) is 86.7 Å². The van der Waals surface area contributed by atoms with Crippen molar-refractivity contribution < 1.29 is 9.59 Å². The van der Waals surface area contributed by atoms with E-state index in [9.17, 15) is 9.59 Å². The second kappa shape index (κ2) is 9.69. The number of imide groups is 1. The molecule has 29 heavy (non-hydrogen) atoms. The minimum atomic E-state index is -0.104. The summed E-state index contributed by atoms with van der Waals surface area (Å²) in [7, 11) is 0. The van der Waals surface area contributed by atoms with Crippen LogP contribution in [0.2, 0.25) is 0 Å². The maximum Gasteiger partial charge on any atom is 0.233 e. The van der Waals surface area contributed by atoms with Crippen LogP contribution in [0.4, 0.5) is 0 Å². The van der Waals surface area contributed by atoms with Gasteiger partial charge in [-0.2, -0.15) is 0 Å². The van der Waals surface area contributed by atoms with Gasteiger partial charge < -0.3 is 10.6 Å². The lowest BCUT2D eigenvalue weighted by Crippen LogP contribution is -2.40. The molecule has 2 aliphatic carbocycles.